The molecule has 3 aromatic carbocycles. The molecule has 3 aliphatic rings. The van der Waals surface area contributed by atoms with Gasteiger partial charge in [-0.2, -0.15) is 0 Å². The first-order valence-corrected chi connectivity index (χ1v) is 29.8. The number of aliphatic hydroxyl groups excluding tert-OH is 7. The van der Waals surface area contributed by atoms with Crippen molar-refractivity contribution in [1.82, 2.24) is 46.6 Å². The fourth-order valence-corrected chi connectivity index (χ4v) is 11.4. The van der Waals surface area contributed by atoms with Crippen molar-refractivity contribution in [2.45, 2.75) is 145 Å². The third-order valence-corrected chi connectivity index (χ3v) is 16.5. The Morgan fingerprint density at radius 1 is 0.800 bits per heavy atom. The number of aromatic hydroxyl groups is 1. The number of amides is 8. The Bertz CT molecular complexity index is 3140. The number of benzene rings is 3. The van der Waals surface area contributed by atoms with Gasteiger partial charge in [0.25, 0.3) is 18.2 Å². The van der Waals surface area contributed by atoms with E-state index in [1.54, 1.807) is 12.1 Å². The van der Waals surface area contributed by atoms with Gasteiger partial charge in [0.05, 0.1) is 43.5 Å². The number of aromatic nitrogens is 2. The summed E-state index contributed by atoms with van der Waals surface area (Å²) in [5.74, 6) is -11.3. The fourth-order valence-electron chi connectivity index (χ4n) is 10.3. The second-order valence-corrected chi connectivity index (χ2v) is 23.2. The Labute approximate surface area is 545 Å². The van der Waals surface area contributed by atoms with Crippen LogP contribution in [0.4, 0.5) is 0 Å². The van der Waals surface area contributed by atoms with E-state index in [4.69, 9.17) is 14.7 Å². The Hall–Kier alpha value is -6.67. The van der Waals surface area contributed by atoms with Gasteiger partial charge in [-0.1, -0.05) is 62.6 Å². The largest absolute Gasteiger partial charge is 1.00 e. The number of nitrogens with two attached hydrogens (primary N) is 1. The van der Waals surface area contributed by atoms with Crippen LogP contribution in [-0.4, -0.2) is 207 Å². The number of unbranched alkanes of at least 4 members (excludes halogenated alkanes) is 3. The van der Waals surface area contributed by atoms with Gasteiger partial charge in [-0.25, -0.2) is 0 Å². The minimum absolute atomic E-state index is 0. The standard InChI is InChI=1S/C56H72N10O21S2.Na/c1-4-5-6-7-18-84-34-15-12-30(13-16-34)54-64-63-53(88-54)29-10-8-28(9-11-29)48(76)59-35-20-32(68)23-58-52(80)44-45(73)26(2)24-66(44)56(82)42(38(71)22-40(57)72)61-51(79)43(47(75)46(74)31-14-17-37(70)39(19-31)85-89-87-86-83)62-50(78)36-21-33(69)25-65(36)55(81)41(27(3)67)60-49(35)77;/h8-17,19,26-27,32-33,35-36,38,41-47,67-71,73-75,83H,4-7,18,20-25H2,1-3H3,(H2,57,72)(H,58,80)(H,59,76)(H,60,77)(H,61,79)(H,62,78);/q;+1/p-1/t26?,27?,32?,33?,35-,36?,38?,41?,42?,43?,44?,45?,46?,47?;/m0./s1. The maximum absolute atomic E-state index is 14.7. The molecule has 14 atom stereocenters. The van der Waals surface area contributed by atoms with Crippen molar-refractivity contribution in [2.24, 2.45) is 11.7 Å². The number of nitrogens with one attached hydrogen (secondary N) is 5. The van der Waals surface area contributed by atoms with Gasteiger partial charge in [0.15, 0.2) is 11.5 Å². The molecule has 90 heavy (non-hydrogen) atoms. The molecule has 0 aliphatic carbocycles. The molecule has 484 valence electrons. The zero-order chi connectivity index (χ0) is 64.8. The smallest absolute Gasteiger partial charge is 0.691 e. The van der Waals surface area contributed by atoms with Crippen molar-refractivity contribution < 1.29 is 132 Å². The Morgan fingerprint density at radius 2 is 1.43 bits per heavy atom. The third-order valence-electron chi connectivity index (χ3n) is 15.1. The summed E-state index contributed by atoms with van der Waals surface area (Å²) in [4.78, 5) is 115. The molecule has 34 heteroatoms. The van der Waals surface area contributed by atoms with E-state index in [0.29, 0.717) is 27.9 Å². The average molecular weight is 1310 g/mol. The average Bonchev–Trinajstić information content (AvgIpc) is 2.25. The molecular weight excluding hydrogens is 1240 g/mol. The van der Waals surface area contributed by atoms with Gasteiger partial charge in [0, 0.05) is 55.1 Å². The van der Waals surface area contributed by atoms with Crippen molar-refractivity contribution in [1.29, 1.82) is 0 Å². The molecule has 3 fully saturated rings. The van der Waals surface area contributed by atoms with Crippen LogP contribution in [0.15, 0.2) is 66.7 Å². The number of aliphatic hydroxyl groups is 7. The van der Waals surface area contributed by atoms with Gasteiger partial charge >= 0.3 is 29.6 Å². The van der Waals surface area contributed by atoms with Gasteiger partial charge in [-0.3, -0.25) is 43.4 Å². The Morgan fingerprint density at radius 3 is 2.07 bits per heavy atom. The predicted molar refractivity (Wildman–Crippen MR) is 309 cm³/mol. The van der Waals surface area contributed by atoms with Crippen LogP contribution in [0, 0.1) is 5.92 Å². The molecule has 31 nitrogen and oxygen atoms in total. The maximum Gasteiger partial charge on any atom is 1.00 e. The number of carbonyl (C=O) groups is 8. The summed E-state index contributed by atoms with van der Waals surface area (Å²) in [7, 11) is 0. The zero-order valence-corrected chi connectivity index (χ0v) is 52.9. The summed E-state index contributed by atoms with van der Waals surface area (Å²) in [6.45, 7) is 3.41. The van der Waals surface area contributed by atoms with Crippen molar-refractivity contribution in [3.05, 3.63) is 77.9 Å². The fraction of sp³-hybridized carbons (Fsp3) is 0.500. The van der Waals surface area contributed by atoms with E-state index in [2.05, 4.69) is 53.1 Å². The summed E-state index contributed by atoms with van der Waals surface area (Å²) < 4.78 is 14.9. The summed E-state index contributed by atoms with van der Waals surface area (Å²) in [5, 5.41) is 125. The van der Waals surface area contributed by atoms with Crippen molar-refractivity contribution in [3.8, 4) is 38.4 Å². The second-order valence-electron chi connectivity index (χ2n) is 21.8. The van der Waals surface area contributed by atoms with Crippen LogP contribution in [0.25, 0.3) is 21.1 Å². The van der Waals surface area contributed by atoms with Crippen molar-refractivity contribution in [3.63, 3.8) is 0 Å². The Kier molecular flexibility index (Phi) is 27.0. The summed E-state index contributed by atoms with van der Waals surface area (Å²) >= 11 is 1.19. The monoisotopic (exact) mass is 1310 g/mol. The van der Waals surface area contributed by atoms with E-state index in [1.165, 1.54) is 30.4 Å². The van der Waals surface area contributed by atoms with Crippen LogP contribution >= 0.6 is 23.7 Å². The molecule has 0 bridgehead atoms. The van der Waals surface area contributed by atoms with Crippen LogP contribution < -0.4 is 76.1 Å². The number of ether oxygens (including phenoxy) is 1. The zero-order valence-electron chi connectivity index (χ0n) is 49.3. The normalized spacial score (nSPS) is 25.1. The molecule has 13 unspecified atom stereocenters. The van der Waals surface area contributed by atoms with E-state index in [1.807, 2.05) is 24.3 Å². The summed E-state index contributed by atoms with van der Waals surface area (Å²) in [5.41, 5.74) is 6.36. The summed E-state index contributed by atoms with van der Waals surface area (Å²) in [6, 6.07) is 3.98. The van der Waals surface area contributed by atoms with Crippen LogP contribution in [-0.2, 0) is 42.9 Å². The number of β-amino-alcohol motifs (C(OH)–C–C–N with tert-alkyl or cyclic N) is 1. The first-order valence-electron chi connectivity index (χ1n) is 28.4. The van der Waals surface area contributed by atoms with E-state index >= 15 is 0 Å². The van der Waals surface area contributed by atoms with Gasteiger partial charge in [-0.15, -0.1) is 14.5 Å². The number of carbonyl (C=O) groups excluding carboxylic acids is 8. The molecular formula is C56H71N10NaO21S2. The summed E-state index contributed by atoms with van der Waals surface area (Å²) in [6.07, 6.45) is -11.9. The number of hydrogen-bond acceptors (Lipinski definition) is 25. The first-order chi connectivity index (χ1) is 42.4. The molecule has 3 aliphatic heterocycles. The molecule has 1 aromatic heterocycles. The first kappa shape index (κ1) is 72.4. The van der Waals surface area contributed by atoms with Gasteiger partial charge in [-0.05, 0) is 67.4 Å². The van der Waals surface area contributed by atoms with Crippen LogP contribution in [0.1, 0.15) is 87.7 Å². The molecule has 4 heterocycles. The molecule has 7 rings (SSSR count). The molecule has 8 amide bonds. The third kappa shape index (κ3) is 18.5. The number of rotatable bonds is 21. The molecule has 0 saturated carbocycles. The minimum atomic E-state index is -2.54. The van der Waals surface area contributed by atoms with E-state index in [0.717, 1.165) is 66.2 Å². The topological polar surface area (TPSA) is 477 Å². The predicted octanol–water partition coefficient (Wildman–Crippen LogP) is -5.98. The number of primary amides is 1. The molecule has 3 saturated heterocycles. The van der Waals surface area contributed by atoms with E-state index in [9.17, 15) is 84.5 Å². The van der Waals surface area contributed by atoms with Crippen molar-refractivity contribution >= 4 is 70.9 Å². The van der Waals surface area contributed by atoms with Gasteiger partial charge < -0.3 is 97.1 Å². The van der Waals surface area contributed by atoms with E-state index < -0.39 is 183 Å². The number of fused-ring (bicyclic) bond motifs is 2. The molecule has 0 radical (unpaired) electrons. The number of nitrogens with zero attached hydrogens (tertiary/aromatic N) is 4. The molecule has 0 spiro atoms. The quantitative estimate of drug-likeness (QED) is 0.0121. The second kappa shape index (κ2) is 33.6. The maximum atomic E-state index is 14.7. The SMILES string of the molecule is CCCCCCOc1ccc(-c2nnc(-c3ccc(C(=O)N[C@H]4CC(O)CNC(=O)C5C(O)C(C)CN5C(=O)C(C(O)CC(N)=O)NC(=O)C(C(O)C(O)c5ccc(O)c(OSOO[O-])c5)NC(=O)C5CC(O)CN5C(=O)C(C(C)O)NC4=O)cc3)s2)cc1.[Na+]. The molecule has 4 aromatic rings. The minimum Gasteiger partial charge on any atom is -0.691 e. The van der Waals surface area contributed by atoms with E-state index in [-0.39, 0.29) is 53.0 Å². The molecule has 15 N–H and O–H groups in total. The number of hydrogen-bond donors (Lipinski definition) is 14. The van der Waals surface area contributed by atoms with Crippen molar-refractivity contribution in [2.75, 3.05) is 26.2 Å². The van der Waals surface area contributed by atoms with Gasteiger partial charge in [0.1, 0.15) is 64.2 Å². The Balaban J connectivity index is 0.0000129. The number of phenolic OH excluding ortho intramolecular Hbond substituents is 1. The van der Waals surface area contributed by atoms with Crippen LogP contribution in [0.2, 0.25) is 0 Å². The number of phenols is 1. The van der Waals surface area contributed by atoms with Gasteiger partial charge in [0.2, 0.25) is 41.4 Å². The van der Waals surface area contributed by atoms with Crippen LogP contribution in [0.5, 0.6) is 17.2 Å². The van der Waals surface area contributed by atoms with Crippen LogP contribution in [0.3, 0.4) is 0 Å².